The van der Waals surface area contributed by atoms with E-state index in [4.69, 9.17) is 14.2 Å². The van der Waals surface area contributed by atoms with Gasteiger partial charge in [0.05, 0.1) is 7.11 Å². The molecule has 0 aromatic heterocycles. The second-order valence-corrected chi connectivity index (χ2v) is 4.24. The lowest BCUT2D eigenvalue weighted by molar-refractivity contribution is -0.133. The third-order valence-electron chi connectivity index (χ3n) is 2.91. The molecule has 108 valence electrons. The van der Waals surface area contributed by atoms with Gasteiger partial charge in [-0.3, -0.25) is 0 Å². The van der Waals surface area contributed by atoms with Crippen LogP contribution in [0, 0.1) is 0 Å². The maximum Gasteiger partial charge on any atom is 0.169 e. The van der Waals surface area contributed by atoms with E-state index in [1.165, 1.54) is 5.56 Å². The zero-order valence-corrected chi connectivity index (χ0v) is 12.3. The van der Waals surface area contributed by atoms with Gasteiger partial charge in [0.25, 0.3) is 0 Å². The molecule has 0 spiro atoms. The molecule has 0 aliphatic carbocycles. The van der Waals surface area contributed by atoms with Crippen molar-refractivity contribution in [2.24, 2.45) is 0 Å². The first-order valence-corrected chi connectivity index (χ1v) is 6.81. The second-order valence-electron chi connectivity index (χ2n) is 4.24. The maximum absolute atomic E-state index is 5.50. The second kappa shape index (κ2) is 8.91. The molecule has 0 amide bonds. The minimum absolute atomic E-state index is 0.185. The van der Waals surface area contributed by atoms with E-state index in [9.17, 15) is 0 Å². The van der Waals surface area contributed by atoms with Crippen molar-refractivity contribution < 1.29 is 14.2 Å². The highest BCUT2D eigenvalue weighted by atomic mass is 16.7. The SMILES string of the molecule is CCOC(CN[C@H](C)c1ccc(OC)cc1)OCC. The fraction of sp³-hybridized carbons (Fsp3) is 0.600. The lowest BCUT2D eigenvalue weighted by Crippen LogP contribution is -2.33. The van der Waals surface area contributed by atoms with Crippen molar-refractivity contribution in [1.29, 1.82) is 0 Å². The van der Waals surface area contributed by atoms with Gasteiger partial charge in [0.1, 0.15) is 5.75 Å². The topological polar surface area (TPSA) is 39.7 Å². The smallest absolute Gasteiger partial charge is 0.169 e. The molecule has 0 saturated carbocycles. The Bertz CT molecular complexity index is 334. The van der Waals surface area contributed by atoms with Crippen molar-refractivity contribution in [2.75, 3.05) is 26.9 Å². The Morgan fingerprint density at radius 3 is 2.11 bits per heavy atom. The highest BCUT2D eigenvalue weighted by Gasteiger charge is 2.11. The fourth-order valence-corrected chi connectivity index (χ4v) is 1.82. The Hall–Kier alpha value is -1.10. The Morgan fingerprint density at radius 2 is 1.63 bits per heavy atom. The van der Waals surface area contributed by atoms with Crippen LogP contribution in [0.15, 0.2) is 24.3 Å². The van der Waals surface area contributed by atoms with Crippen LogP contribution in [0.1, 0.15) is 32.4 Å². The van der Waals surface area contributed by atoms with Gasteiger partial charge in [-0.2, -0.15) is 0 Å². The summed E-state index contributed by atoms with van der Waals surface area (Å²) >= 11 is 0. The molecule has 1 atom stereocenters. The van der Waals surface area contributed by atoms with Crippen LogP contribution in [0.5, 0.6) is 5.75 Å². The molecule has 0 radical (unpaired) electrons. The average molecular weight is 267 g/mol. The van der Waals surface area contributed by atoms with E-state index in [-0.39, 0.29) is 12.3 Å². The zero-order valence-electron chi connectivity index (χ0n) is 12.3. The molecule has 19 heavy (non-hydrogen) atoms. The van der Waals surface area contributed by atoms with Crippen LogP contribution in [0.2, 0.25) is 0 Å². The van der Waals surface area contributed by atoms with Gasteiger partial charge >= 0.3 is 0 Å². The van der Waals surface area contributed by atoms with E-state index < -0.39 is 0 Å². The van der Waals surface area contributed by atoms with E-state index in [1.807, 2.05) is 26.0 Å². The van der Waals surface area contributed by atoms with Gasteiger partial charge in [-0.25, -0.2) is 0 Å². The predicted octanol–water partition coefficient (Wildman–Crippen LogP) is 2.74. The van der Waals surface area contributed by atoms with E-state index in [0.29, 0.717) is 19.8 Å². The maximum atomic E-state index is 5.50. The van der Waals surface area contributed by atoms with E-state index in [1.54, 1.807) is 7.11 Å². The number of ether oxygens (including phenoxy) is 3. The molecule has 0 saturated heterocycles. The predicted molar refractivity (Wildman–Crippen MR) is 76.5 cm³/mol. The van der Waals surface area contributed by atoms with Gasteiger partial charge in [-0.15, -0.1) is 0 Å². The van der Waals surface area contributed by atoms with Crippen molar-refractivity contribution >= 4 is 0 Å². The molecule has 1 N–H and O–H groups in total. The number of benzene rings is 1. The Morgan fingerprint density at radius 1 is 1.05 bits per heavy atom. The summed E-state index contributed by atoms with van der Waals surface area (Å²) in [5.41, 5.74) is 1.22. The van der Waals surface area contributed by atoms with Crippen molar-refractivity contribution in [1.82, 2.24) is 5.32 Å². The Labute approximate surface area is 116 Å². The number of hydrogen-bond acceptors (Lipinski definition) is 4. The quantitative estimate of drug-likeness (QED) is 0.698. The molecule has 4 nitrogen and oxygen atoms in total. The third kappa shape index (κ3) is 5.59. The van der Waals surface area contributed by atoms with Crippen molar-refractivity contribution in [2.45, 2.75) is 33.1 Å². The summed E-state index contributed by atoms with van der Waals surface area (Å²) in [5.74, 6) is 0.873. The molecule has 1 aromatic carbocycles. The Balaban J connectivity index is 2.45. The Kier molecular flexibility index (Phi) is 7.48. The molecular formula is C15H25NO3. The summed E-state index contributed by atoms with van der Waals surface area (Å²) < 4.78 is 16.2. The highest BCUT2D eigenvalue weighted by molar-refractivity contribution is 5.28. The highest BCUT2D eigenvalue weighted by Crippen LogP contribution is 2.17. The molecule has 0 heterocycles. The average Bonchev–Trinajstić information content (AvgIpc) is 2.45. The van der Waals surface area contributed by atoms with Crippen LogP contribution >= 0.6 is 0 Å². The molecule has 0 fully saturated rings. The van der Waals surface area contributed by atoms with Crippen LogP contribution < -0.4 is 10.1 Å². The van der Waals surface area contributed by atoms with Crippen molar-refractivity contribution in [3.05, 3.63) is 29.8 Å². The molecule has 0 bridgehead atoms. The number of nitrogens with one attached hydrogen (secondary N) is 1. The minimum atomic E-state index is -0.185. The summed E-state index contributed by atoms with van der Waals surface area (Å²) in [7, 11) is 1.67. The van der Waals surface area contributed by atoms with Gasteiger partial charge in [0.15, 0.2) is 6.29 Å². The summed E-state index contributed by atoms with van der Waals surface area (Å²) in [6, 6.07) is 8.31. The van der Waals surface area contributed by atoms with Crippen LogP contribution in [0.3, 0.4) is 0 Å². The van der Waals surface area contributed by atoms with Gasteiger partial charge in [0, 0.05) is 25.8 Å². The van der Waals surface area contributed by atoms with Gasteiger partial charge < -0.3 is 19.5 Å². The molecule has 4 heteroatoms. The van der Waals surface area contributed by atoms with E-state index in [0.717, 1.165) is 5.75 Å². The van der Waals surface area contributed by atoms with E-state index in [2.05, 4.69) is 24.4 Å². The number of rotatable bonds is 9. The van der Waals surface area contributed by atoms with Gasteiger partial charge in [-0.05, 0) is 38.5 Å². The monoisotopic (exact) mass is 267 g/mol. The lowest BCUT2D eigenvalue weighted by atomic mass is 10.1. The van der Waals surface area contributed by atoms with Crippen molar-refractivity contribution in [3.8, 4) is 5.75 Å². The zero-order chi connectivity index (χ0) is 14.1. The summed E-state index contributed by atoms with van der Waals surface area (Å²) in [5, 5.41) is 3.42. The van der Waals surface area contributed by atoms with E-state index >= 15 is 0 Å². The minimum Gasteiger partial charge on any atom is -0.497 e. The number of methoxy groups -OCH3 is 1. The fourth-order valence-electron chi connectivity index (χ4n) is 1.82. The largest absolute Gasteiger partial charge is 0.497 e. The lowest BCUT2D eigenvalue weighted by Gasteiger charge is -2.21. The van der Waals surface area contributed by atoms with Crippen molar-refractivity contribution in [3.63, 3.8) is 0 Å². The molecule has 0 unspecified atom stereocenters. The molecular weight excluding hydrogens is 242 g/mol. The van der Waals surface area contributed by atoms with Crippen LogP contribution in [-0.4, -0.2) is 33.2 Å². The standard InChI is InChI=1S/C15H25NO3/c1-5-18-15(19-6-2)11-16-12(3)13-7-9-14(17-4)10-8-13/h7-10,12,15-16H,5-6,11H2,1-4H3/t12-/m1/s1. The number of hydrogen-bond donors (Lipinski definition) is 1. The van der Waals surface area contributed by atoms with Crippen LogP contribution in [-0.2, 0) is 9.47 Å². The van der Waals surface area contributed by atoms with Crippen LogP contribution in [0.4, 0.5) is 0 Å². The normalized spacial score (nSPS) is 12.7. The first-order chi connectivity index (χ1) is 9.21. The first-order valence-electron chi connectivity index (χ1n) is 6.81. The molecule has 1 aromatic rings. The molecule has 0 aliphatic heterocycles. The van der Waals surface area contributed by atoms with Gasteiger partial charge in [-0.1, -0.05) is 12.1 Å². The third-order valence-corrected chi connectivity index (χ3v) is 2.91. The summed E-state index contributed by atoms with van der Waals surface area (Å²) in [4.78, 5) is 0. The molecule has 1 rings (SSSR count). The molecule has 0 aliphatic rings. The summed E-state index contributed by atoms with van der Waals surface area (Å²) in [6.45, 7) is 8.05. The first kappa shape index (κ1) is 16.0. The van der Waals surface area contributed by atoms with Gasteiger partial charge in [0.2, 0.25) is 0 Å². The summed E-state index contributed by atoms with van der Waals surface area (Å²) in [6.07, 6.45) is -0.185. The van der Waals surface area contributed by atoms with Crippen LogP contribution in [0.25, 0.3) is 0 Å².